The zero-order chi connectivity index (χ0) is 10.2. The number of rotatable bonds is 1. The predicted octanol–water partition coefficient (Wildman–Crippen LogP) is 2.26. The number of oxime groups is 1. The van der Waals surface area contributed by atoms with Gasteiger partial charge in [-0.3, -0.25) is 0 Å². The van der Waals surface area contributed by atoms with Gasteiger partial charge in [0.25, 0.3) is 0 Å². The summed E-state index contributed by atoms with van der Waals surface area (Å²) in [5.74, 6) is 0.970. The van der Waals surface area contributed by atoms with E-state index in [2.05, 4.69) is 5.16 Å². The van der Waals surface area contributed by atoms with Crippen LogP contribution in [0.15, 0.2) is 5.16 Å². The average Bonchev–Trinajstić information content (AvgIpc) is 2.91. The van der Waals surface area contributed by atoms with Crippen molar-refractivity contribution in [2.45, 2.75) is 6.92 Å². The molecule has 0 unspecified atom stereocenters. The molecule has 0 amide bonds. The average molecular weight is 243 g/mol. The second-order valence-corrected chi connectivity index (χ2v) is 2.82. The molecule has 0 saturated heterocycles. The molecule has 3 heteroatoms. The van der Waals surface area contributed by atoms with Crippen molar-refractivity contribution in [3.63, 3.8) is 0 Å². The molecule has 0 atom stereocenters. The summed E-state index contributed by atoms with van der Waals surface area (Å²) in [6, 6.07) is 0. The van der Waals surface area contributed by atoms with Gasteiger partial charge in [-0.05, 0) is 64.7 Å². The molecule has 2 saturated carbocycles. The predicted molar refractivity (Wildman–Crippen MR) is 56.8 cm³/mol. The zero-order valence-corrected chi connectivity index (χ0v) is 9.55. The van der Waals surface area contributed by atoms with Crippen molar-refractivity contribution in [1.82, 2.24) is 0 Å². The first-order chi connectivity index (χ1) is 6.84. The molecule has 0 aromatic carbocycles. The quantitative estimate of drug-likeness (QED) is 0.326. The van der Waals surface area contributed by atoms with Gasteiger partial charge in [-0.1, -0.05) is 5.16 Å². The smallest absolute Gasteiger partial charge is 0.411 e. The minimum Gasteiger partial charge on any atom is -0.411 e. The van der Waals surface area contributed by atoms with E-state index in [1.54, 1.807) is 6.92 Å². The number of hydrogen-bond acceptors (Lipinski definition) is 2. The molecule has 0 aliphatic heterocycles. The largest absolute Gasteiger partial charge is 2.00 e. The monoisotopic (exact) mass is 243 g/mol. The Labute approximate surface area is 104 Å². The fraction of sp³-hybridized carbons (Fsp3) is 0.0833. The molecule has 10 radical (unpaired) electrons. The van der Waals surface area contributed by atoms with E-state index in [0.29, 0.717) is 5.71 Å². The first kappa shape index (κ1) is 15.0. The molecule has 2 aliphatic rings. The summed E-state index contributed by atoms with van der Waals surface area (Å²) in [7, 11) is 0. The zero-order valence-electron chi connectivity index (χ0n) is 8.44. The van der Waals surface area contributed by atoms with Crippen LogP contribution in [0.5, 0.6) is 0 Å². The molecule has 15 heavy (non-hydrogen) atoms. The molecule has 0 heterocycles. The Bertz CT molecular complexity index is 165. The van der Waals surface area contributed by atoms with Gasteiger partial charge in [0.2, 0.25) is 0 Å². The van der Waals surface area contributed by atoms with E-state index in [1.807, 2.05) is 57.8 Å². The van der Waals surface area contributed by atoms with E-state index in [-0.39, 0.29) is 17.1 Å². The fourth-order valence-electron chi connectivity index (χ4n) is 0.994. The standard InChI is InChI=1S/C7H8NO.C5H5.Fe/c1-6(8-9)7-4-2-3-5-7;1-2-4-5-3-1;/h2-5,9H,1H3;1-5H;/q;;+2/b8-6+;;. The summed E-state index contributed by atoms with van der Waals surface area (Å²) < 4.78 is 0. The van der Waals surface area contributed by atoms with Gasteiger partial charge in [-0.15, -0.1) is 0 Å². The van der Waals surface area contributed by atoms with Gasteiger partial charge in [0.1, 0.15) is 0 Å². The second-order valence-electron chi connectivity index (χ2n) is 2.82. The van der Waals surface area contributed by atoms with Crippen LogP contribution >= 0.6 is 0 Å². The molecule has 0 bridgehead atoms. The summed E-state index contributed by atoms with van der Waals surface area (Å²) in [5.41, 5.74) is 0.653. The summed E-state index contributed by atoms with van der Waals surface area (Å²) in [5, 5.41) is 11.3. The van der Waals surface area contributed by atoms with Crippen LogP contribution in [0.25, 0.3) is 0 Å². The van der Waals surface area contributed by atoms with Gasteiger partial charge in [0.05, 0.1) is 5.71 Å². The van der Waals surface area contributed by atoms with Crippen molar-refractivity contribution < 1.29 is 22.3 Å². The molecule has 2 aliphatic carbocycles. The molecule has 2 nitrogen and oxygen atoms in total. The topological polar surface area (TPSA) is 32.6 Å². The molecule has 0 aromatic rings. The number of hydrogen-bond donors (Lipinski definition) is 1. The van der Waals surface area contributed by atoms with Crippen LogP contribution in [-0.2, 0) is 17.1 Å². The third-order valence-corrected chi connectivity index (χ3v) is 1.79. The van der Waals surface area contributed by atoms with Crippen LogP contribution in [-0.4, -0.2) is 10.9 Å². The Morgan fingerprint density at radius 2 is 1.33 bits per heavy atom. The van der Waals surface area contributed by atoms with Crippen LogP contribution in [0.2, 0.25) is 0 Å². The Morgan fingerprint density at radius 3 is 1.67 bits per heavy atom. The van der Waals surface area contributed by atoms with Crippen molar-refractivity contribution in [1.29, 1.82) is 0 Å². The van der Waals surface area contributed by atoms with Crippen LogP contribution in [0, 0.1) is 63.7 Å². The molecule has 78 valence electrons. The van der Waals surface area contributed by atoms with Crippen LogP contribution in [0.1, 0.15) is 6.92 Å². The maximum atomic E-state index is 8.29. The van der Waals surface area contributed by atoms with E-state index < -0.39 is 0 Å². The minimum atomic E-state index is 0. The van der Waals surface area contributed by atoms with Crippen molar-refractivity contribution in [2.75, 3.05) is 0 Å². The maximum Gasteiger partial charge on any atom is 2.00 e. The SMILES string of the molecule is C/C(=N\O)[C]1[CH][CH][CH][CH]1.[CH]1[CH][CH][CH][CH]1.[Fe+2]. The molecular weight excluding hydrogens is 230 g/mol. The van der Waals surface area contributed by atoms with E-state index >= 15 is 0 Å². The van der Waals surface area contributed by atoms with Gasteiger partial charge in [0, 0.05) is 5.92 Å². The van der Waals surface area contributed by atoms with Crippen molar-refractivity contribution in [3.05, 3.63) is 63.7 Å². The summed E-state index contributed by atoms with van der Waals surface area (Å²) >= 11 is 0. The molecule has 0 spiro atoms. The van der Waals surface area contributed by atoms with Crippen molar-refractivity contribution in [2.24, 2.45) is 5.16 Å². The molecule has 2 fully saturated rings. The van der Waals surface area contributed by atoms with Crippen molar-refractivity contribution in [3.8, 4) is 0 Å². The third-order valence-electron chi connectivity index (χ3n) is 1.79. The summed E-state index contributed by atoms with van der Waals surface area (Å²) in [6.45, 7) is 1.76. The second kappa shape index (κ2) is 9.23. The first-order valence-electron chi connectivity index (χ1n) is 4.42. The Hall–Kier alpha value is -0.0105. The van der Waals surface area contributed by atoms with Crippen LogP contribution in [0.4, 0.5) is 0 Å². The Balaban J connectivity index is 0.000000280. The minimum absolute atomic E-state index is 0. The maximum absolute atomic E-state index is 8.29. The van der Waals surface area contributed by atoms with Gasteiger partial charge >= 0.3 is 17.1 Å². The molecule has 0 aromatic heterocycles. The normalized spacial score (nSPS) is 21.8. The Kier molecular flexibility index (Phi) is 9.23. The van der Waals surface area contributed by atoms with Crippen molar-refractivity contribution >= 4 is 5.71 Å². The molecular formula is C12H13FeNO+2. The first-order valence-corrected chi connectivity index (χ1v) is 4.42. The Morgan fingerprint density at radius 1 is 0.933 bits per heavy atom. The third kappa shape index (κ3) is 6.21. The fourth-order valence-corrected chi connectivity index (χ4v) is 0.994. The summed E-state index contributed by atoms with van der Waals surface area (Å²) in [6.07, 6.45) is 17.6. The van der Waals surface area contributed by atoms with E-state index in [9.17, 15) is 0 Å². The van der Waals surface area contributed by atoms with Gasteiger partial charge in [0.15, 0.2) is 0 Å². The number of nitrogens with zero attached hydrogens (tertiary/aromatic N) is 1. The van der Waals surface area contributed by atoms with Crippen LogP contribution < -0.4 is 0 Å². The van der Waals surface area contributed by atoms with Crippen LogP contribution in [0.3, 0.4) is 0 Å². The van der Waals surface area contributed by atoms with E-state index in [1.165, 1.54) is 0 Å². The van der Waals surface area contributed by atoms with E-state index in [4.69, 9.17) is 5.21 Å². The molecule has 1 N–H and O–H groups in total. The van der Waals surface area contributed by atoms with Gasteiger partial charge < -0.3 is 5.21 Å². The van der Waals surface area contributed by atoms with Gasteiger partial charge in [-0.25, -0.2) is 0 Å². The molecule has 2 rings (SSSR count). The van der Waals surface area contributed by atoms with E-state index in [0.717, 1.165) is 5.92 Å². The summed E-state index contributed by atoms with van der Waals surface area (Å²) in [4.78, 5) is 0. The van der Waals surface area contributed by atoms with Gasteiger partial charge in [-0.2, -0.15) is 0 Å².